The Balaban J connectivity index is 1.53. The normalized spacial score (nSPS) is 16.4. The van der Waals surface area contributed by atoms with Gasteiger partial charge in [0.25, 0.3) is 5.69 Å². The lowest BCUT2D eigenvalue weighted by atomic mass is 10.2. The number of amides is 2. The Morgan fingerprint density at radius 3 is 2.22 bits per heavy atom. The van der Waals surface area contributed by atoms with Gasteiger partial charge in [-0.25, -0.2) is 4.98 Å². The molecule has 7 nitrogen and oxygen atoms in total. The number of aryl methyl sites for hydroxylation is 1. The summed E-state index contributed by atoms with van der Waals surface area (Å²) in [7, 11) is 0. The maximum absolute atomic E-state index is 12.5. The Morgan fingerprint density at radius 1 is 1.03 bits per heavy atom. The first-order chi connectivity index (χ1) is 18.0. The lowest BCUT2D eigenvalue weighted by Crippen LogP contribution is -2.44. The second-order valence-corrected chi connectivity index (χ2v) is 9.14. The molecule has 37 heavy (non-hydrogen) atoms. The Labute approximate surface area is 221 Å². The average molecular weight is 507 g/mol. The van der Waals surface area contributed by atoms with Crippen molar-refractivity contribution in [2.45, 2.75) is 77.7 Å². The van der Waals surface area contributed by atoms with Crippen molar-refractivity contribution in [3.8, 4) is 0 Å². The summed E-state index contributed by atoms with van der Waals surface area (Å²) in [6, 6.07) is -0.149. The Bertz CT molecular complexity index is 995. The maximum Gasteiger partial charge on any atom is 0.319 e. The van der Waals surface area contributed by atoms with Gasteiger partial charge >= 0.3 is 5.91 Å². The van der Waals surface area contributed by atoms with Crippen LogP contribution in [0.2, 0.25) is 0 Å². The van der Waals surface area contributed by atoms with E-state index in [-0.39, 0.29) is 17.6 Å². The smallest absolute Gasteiger partial charge is 0.319 e. The predicted octanol–water partition coefficient (Wildman–Crippen LogP) is 5.28. The molecule has 7 heteroatoms. The van der Waals surface area contributed by atoms with Gasteiger partial charge in [-0.1, -0.05) is 67.7 Å². The van der Waals surface area contributed by atoms with E-state index in [0.29, 0.717) is 36.4 Å². The predicted molar refractivity (Wildman–Crippen MR) is 149 cm³/mol. The Morgan fingerprint density at radius 2 is 1.62 bits per heavy atom. The summed E-state index contributed by atoms with van der Waals surface area (Å²) in [6.45, 7) is 4.93. The van der Waals surface area contributed by atoms with E-state index in [4.69, 9.17) is 0 Å². The van der Waals surface area contributed by atoms with Crippen LogP contribution >= 0.6 is 0 Å². The molecular weight excluding hydrogens is 464 g/mol. The van der Waals surface area contributed by atoms with E-state index in [9.17, 15) is 14.8 Å². The number of likely N-dealkylation sites (tertiary alicyclic amines) is 1. The number of carbonyl (C=O) groups excluding carboxylic acids is 2. The van der Waals surface area contributed by atoms with E-state index in [2.05, 4.69) is 78.0 Å². The van der Waals surface area contributed by atoms with Gasteiger partial charge in [-0.05, 0) is 58.3 Å². The molecule has 1 N–H and O–H groups in total. The van der Waals surface area contributed by atoms with Crippen molar-refractivity contribution in [1.29, 1.82) is 0 Å². The van der Waals surface area contributed by atoms with Crippen LogP contribution in [0.4, 0.5) is 0 Å². The van der Waals surface area contributed by atoms with Crippen LogP contribution in [0.15, 0.2) is 73.2 Å². The molecule has 1 aliphatic rings. The number of nitrogens with zero attached hydrogens (tertiary/aromatic N) is 3. The zero-order chi connectivity index (χ0) is 26.7. The fourth-order valence-electron chi connectivity index (χ4n) is 3.91. The molecular formula is C30H42N4O3. The first kappa shape index (κ1) is 29.7. The van der Waals surface area contributed by atoms with E-state index in [1.165, 1.54) is 12.4 Å². The van der Waals surface area contributed by atoms with E-state index in [1.807, 2.05) is 0 Å². The van der Waals surface area contributed by atoms with Crippen molar-refractivity contribution >= 4 is 11.8 Å². The molecule has 2 amide bonds. The minimum atomic E-state index is -0.458. The van der Waals surface area contributed by atoms with Crippen molar-refractivity contribution in [1.82, 2.24) is 15.2 Å². The van der Waals surface area contributed by atoms with Crippen molar-refractivity contribution in [3.05, 3.63) is 89.7 Å². The summed E-state index contributed by atoms with van der Waals surface area (Å²) in [4.78, 5) is 30.7. The molecule has 0 aromatic carbocycles. The van der Waals surface area contributed by atoms with Crippen molar-refractivity contribution < 1.29 is 14.3 Å². The quantitative estimate of drug-likeness (QED) is 0.152. The molecule has 1 atom stereocenters. The summed E-state index contributed by atoms with van der Waals surface area (Å²) in [5.74, 6) is -0.347. The van der Waals surface area contributed by atoms with E-state index in [0.717, 1.165) is 44.9 Å². The van der Waals surface area contributed by atoms with E-state index < -0.39 is 5.91 Å². The number of hydrogen-bond donors (Lipinski definition) is 1. The summed E-state index contributed by atoms with van der Waals surface area (Å²) < 4.78 is 0.532. The minimum absolute atomic E-state index is 0.0348. The highest BCUT2D eigenvalue weighted by Crippen LogP contribution is 2.13. The van der Waals surface area contributed by atoms with Crippen LogP contribution < -0.4 is 10.0 Å². The van der Waals surface area contributed by atoms with E-state index >= 15 is 0 Å². The largest absolute Gasteiger partial charge is 0.618 e. The van der Waals surface area contributed by atoms with Crippen LogP contribution in [0, 0.1) is 12.1 Å². The van der Waals surface area contributed by atoms with Crippen molar-refractivity contribution in [2.24, 2.45) is 0 Å². The van der Waals surface area contributed by atoms with Gasteiger partial charge in [0, 0.05) is 25.6 Å². The van der Waals surface area contributed by atoms with Gasteiger partial charge in [0.15, 0.2) is 0 Å². The molecule has 2 rings (SSSR count). The third kappa shape index (κ3) is 12.4. The number of unbranched alkanes of at least 4 members (excludes halogenated alkanes) is 1. The van der Waals surface area contributed by atoms with E-state index in [1.54, 1.807) is 11.8 Å². The summed E-state index contributed by atoms with van der Waals surface area (Å²) in [6.07, 6.45) is 32.1. The number of hydrogen-bond acceptors (Lipinski definition) is 4. The van der Waals surface area contributed by atoms with Crippen LogP contribution in [-0.2, 0) is 4.79 Å². The number of rotatable bonds is 15. The third-order valence-electron chi connectivity index (χ3n) is 5.96. The van der Waals surface area contributed by atoms with Gasteiger partial charge in [-0.15, -0.1) is 0 Å². The molecule has 1 fully saturated rings. The van der Waals surface area contributed by atoms with Gasteiger partial charge < -0.3 is 15.4 Å². The van der Waals surface area contributed by atoms with Crippen LogP contribution in [0.5, 0.6) is 0 Å². The lowest BCUT2D eigenvalue weighted by molar-refractivity contribution is -0.608. The third-order valence-corrected chi connectivity index (χ3v) is 5.96. The van der Waals surface area contributed by atoms with Crippen LogP contribution in [0.1, 0.15) is 80.9 Å². The zero-order valence-corrected chi connectivity index (χ0v) is 22.4. The van der Waals surface area contributed by atoms with Gasteiger partial charge in [0.2, 0.25) is 12.1 Å². The Kier molecular flexibility index (Phi) is 14.4. The number of allylic oxidation sites excluding steroid dienone is 10. The topological polar surface area (TPSA) is 89.2 Å². The first-order valence-electron chi connectivity index (χ1n) is 13.4. The fraction of sp³-hybridized carbons (Fsp3) is 0.467. The maximum atomic E-state index is 12.5. The summed E-state index contributed by atoms with van der Waals surface area (Å²) in [5.41, 5.74) is 0.515. The molecule has 200 valence electrons. The molecule has 1 aromatic rings. The molecule has 0 aliphatic carbocycles. The van der Waals surface area contributed by atoms with Crippen LogP contribution in [0.25, 0.3) is 0 Å². The molecule has 1 aromatic heterocycles. The summed E-state index contributed by atoms with van der Waals surface area (Å²) in [5, 5.41) is 14.7. The van der Waals surface area contributed by atoms with Crippen LogP contribution in [0.3, 0.4) is 0 Å². The van der Waals surface area contributed by atoms with Crippen LogP contribution in [-0.4, -0.2) is 40.8 Å². The fourth-order valence-corrected chi connectivity index (χ4v) is 3.91. The highest BCUT2D eigenvalue weighted by atomic mass is 16.5. The molecule has 0 spiro atoms. The molecule has 0 radical (unpaired) electrons. The monoisotopic (exact) mass is 506 g/mol. The Hall–Kier alpha value is -3.48. The number of nitrogens with one attached hydrogen (secondary N) is 1. The van der Waals surface area contributed by atoms with Crippen molar-refractivity contribution in [2.75, 3.05) is 13.1 Å². The molecule has 1 aliphatic heterocycles. The average Bonchev–Trinajstić information content (AvgIpc) is 3.34. The lowest BCUT2D eigenvalue weighted by Gasteiger charge is -2.17. The number of carbonyl (C=O) groups is 2. The highest BCUT2D eigenvalue weighted by Gasteiger charge is 2.29. The number of aromatic nitrogens is 2. The zero-order valence-electron chi connectivity index (χ0n) is 22.4. The SMILES string of the molecule is CC/C=C\C/C=C\C/C=C\C/C=C\C/C=C\CCCC(=O)N1CC[C@@H](NC(=O)c2cnc(C)c[n+]2[O-])C1. The van der Waals surface area contributed by atoms with Gasteiger partial charge in [0.05, 0.1) is 0 Å². The minimum Gasteiger partial charge on any atom is -0.618 e. The summed E-state index contributed by atoms with van der Waals surface area (Å²) >= 11 is 0. The molecule has 0 saturated carbocycles. The molecule has 2 heterocycles. The highest BCUT2D eigenvalue weighted by molar-refractivity contribution is 5.91. The molecule has 0 unspecified atom stereocenters. The molecule has 0 bridgehead atoms. The van der Waals surface area contributed by atoms with Gasteiger partial charge in [-0.2, -0.15) is 4.73 Å². The van der Waals surface area contributed by atoms with Crippen molar-refractivity contribution in [3.63, 3.8) is 0 Å². The second kappa shape index (κ2) is 17.9. The standard InChI is InChI=1S/C30H42N4O3/c1-3-4-5-6-7-8-9-10-11-12-13-14-15-16-17-18-19-20-29(35)33-22-21-27(25-33)32-30(36)28-23-31-26(2)24-34(28)37/h4-5,7-8,10-11,13-14,16-17,23-24,27H,3,6,9,12,15,18-22,25H2,1-2H3,(H,32,36)/b5-4-,8-7-,11-10-,14-13-,17-16-/t27-/m1/s1. The van der Waals surface area contributed by atoms with Gasteiger partial charge in [-0.3, -0.25) is 9.59 Å². The molecule has 1 saturated heterocycles. The van der Waals surface area contributed by atoms with Gasteiger partial charge in [0.1, 0.15) is 11.9 Å². The second-order valence-electron chi connectivity index (χ2n) is 9.14. The first-order valence-corrected chi connectivity index (χ1v) is 13.4.